The highest BCUT2D eigenvalue weighted by Gasteiger charge is 1.99. The van der Waals surface area contributed by atoms with E-state index in [2.05, 4.69) is 51.8 Å². The van der Waals surface area contributed by atoms with Gasteiger partial charge in [-0.05, 0) is 30.9 Å². The van der Waals surface area contributed by atoms with E-state index < -0.39 is 0 Å². The van der Waals surface area contributed by atoms with Crippen molar-refractivity contribution in [3.8, 4) is 5.88 Å². The maximum absolute atomic E-state index is 5.06. The highest BCUT2D eigenvalue weighted by molar-refractivity contribution is 5.79. The van der Waals surface area contributed by atoms with Crippen molar-refractivity contribution >= 4 is 5.96 Å². The summed E-state index contributed by atoms with van der Waals surface area (Å²) >= 11 is 0. The molecule has 0 saturated heterocycles. The third-order valence-corrected chi connectivity index (χ3v) is 3.55. The molecule has 2 rings (SSSR count). The summed E-state index contributed by atoms with van der Waals surface area (Å²) in [5.41, 5.74) is 2.42. The summed E-state index contributed by atoms with van der Waals surface area (Å²) in [5, 5.41) is 6.65. The number of aliphatic imine (C=N–C) groups is 1. The van der Waals surface area contributed by atoms with Gasteiger partial charge in [-0.1, -0.05) is 36.4 Å². The van der Waals surface area contributed by atoms with E-state index in [9.17, 15) is 0 Å². The van der Waals surface area contributed by atoms with Crippen molar-refractivity contribution in [1.82, 2.24) is 15.6 Å². The second-order valence-corrected chi connectivity index (χ2v) is 5.42. The molecular formula is C19H26N4O. The number of rotatable bonds is 8. The lowest BCUT2D eigenvalue weighted by atomic mass is 10.1. The van der Waals surface area contributed by atoms with Gasteiger partial charge in [0, 0.05) is 25.4 Å². The van der Waals surface area contributed by atoms with Crippen molar-refractivity contribution in [2.24, 2.45) is 4.99 Å². The summed E-state index contributed by atoms with van der Waals surface area (Å²) in [6, 6.07) is 14.4. The second kappa shape index (κ2) is 10.3. The fourth-order valence-electron chi connectivity index (χ4n) is 2.28. The zero-order valence-corrected chi connectivity index (χ0v) is 14.5. The first-order valence-electron chi connectivity index (χ1n) is 8.37. The van der Waals surface area contributed by atoms with E-state index >= 15 is 0 Å². The van der Waals surface area contributed by atoms with Gasteiger partial charge in [-0.3, -0.25) is 0 Å². The fraction of sp³-hybridized carbons (Fsp3) is 0.368. The van der Waals surface area contributed by atoms with Crippen LogP contribution in [0.5, 0.6) is 5.88 Å². The van der Waals surface area contributed by atoms with Crippen LogP contribution >= 0.6 is 0 Å². The summed E-state index contributed by atoms with van der Waals surface area (Å²) < 4.78 is 5.06. The zero-order chi connectivity index (χ0) is 17.0. The van der Waals surface area contributed by atoms with Crippen LogP contribution < -0.4 is 15.4 Å². The molecule has 5 nitrogen and oxygen atoms in total. The third-order valence-electron chi connectivity index (χ3n) is 3.55. The van der Waals surface area contributed by atoms with Crippen LogP contribution in [0.4, 0.5) is 0 Å². The van der Waals surface area contributed by atoms with Gasteiger partial charge in [0.25, 0.3) is 0 Å². The lowest BCUT2D eigenvalue weighted by molar-refractivity contribution is 0.397. The Labute approximate surface area is 144 Å². The molecule has 128 valence electrons. The number of pyridine rings is 1. The number of benzene rings is 1. The van der Waals surface area contributed by atoms with Gasteiger partial charge in [0.1, 0.15) is 0 Å². The quantitative estimate of drug-likeness (QED) is 0.445. The number of nitrogens with one attached hydrogen (secondary N) is 2. The van der Waals surface area contributed by atoms with Gasteiger partial charge in [0.05, 0.1) is 13.7 Å². The predicted molar refractivity (Wildman–Crippen MR) is 98.4 cm³/mol. The summed E-state index contributed by atoms with van der Waals surface area (Å²) in [5.74, 6) is 1.45. The zero-order valence-electron chi connectivity index (χ0n) is 14.5. The minimum atomic E-state index is 0.588. The molecule has 0 aliphatic rings. The predicted octanol–water partition coefficient (Wildman–Crippen LogP) is 2.78. The van der Waals surface area contributed by atoms with E-state index in [1.807, 2.05) is 18.2 Å². The largest absolute Gasteiger partial charge is 0.481 e. The van der Waals surface area contributed by atoms with E-state index in [1.165, 1.54) is 5.56 Å². The highest BCUT2D eigenvalue weighted by Crippen LogP contribution is 2.07. The number of hydrogen-bond acceptors (Lipinski definition) is 3. The maximum Gasteiger partial charge on any atom is 0.212 e. The van der Waals surface area contributed by atoms with Crippen LogP contribution in [0.25, 0.3) is 0 Å². The van der Waals surface area contributed by atoms with Gasteiger partial charge in [0.2, 0.25) is 5.88 Å². The lowest BCUT2D eigenvalue weighted by Gasteiger charge is -2.11. The molecule has 0 bridgehead atoms. The van der Waals surface area contributed by atoms with E-state index in [0.717, 1.165) is 37.5 Å². The van der Waals surface area contributed by atoms with Crippen LogP contribution in [0.2, 0.25) is 0 Å². The minimum Gasteiger partial charge on any atom is -0.481 e. The molecule has 0 radical (unpaired) electrons. The second-order valence-electron chi connectivity index (χ2n) is 5.42. The van der Waals surface area contributed by atoms with Gasteiger partial charge in [-0.15, -0.1) is 0 Å². The maximum atomic E-state index is 5.06. The van der Waals surface area contributed by atoms with E-state index in [0.29, 0.717) is 12.4 Å². The molecule has 1 aromatic heterocycles. The van der Waals surface area contributed by atoms with Gasteiger partial charge in [-0.25, -0.2) is 9.98 Å². The number of nitrogens with zero attached hydrogens (tertiary/aromatic N) is 2. The van der Waals surface area contributed by atoms with Crippen molar-refractivity contribution < 1.29 is 4.74 Å². The minimum absolute atomic E-state index is 0.588. The van der Waals surface area contributed by atoms with Crippen LogP contribution in [0.1, 0.15) is 24.5 Å². The van der Waals surface area contributed by atoms with Crippen LogP contribution in [-0.2, 0) is 13.0 Å². The van der Waals surface area contributed by atoms with Crippen molar-refractivity contribution in [1.29, 1.82) is 0 Å². The molecule has 0 saturated carbocycles. The van der Waals surface area contributed by atoms with Crippen LogP contribution in [0.3, 0.4) is 0 Å². The molecule has 0 aliphatic heterocycles. The molecule has 24 heavy (non-hydrogen) atoms. The molecule has 0 unspecified atom stereocenters. The van der Waals surface area contributed by atoms with E-state index in [4.69, 9.17) is 4.74 Å². The Morgan fingerprint density at radius 2 is 1.92 bits per heavy atom. The van der Waals surface area contributed by atoms with Crippen molar-refractivity contribution in [3.63, 3.8) is 0 Å². The topological polar surface area (TPSA) is 58.5 Å². The Morgan fingerprint density at radius 3 is 2.58 bits per heavy atom. The Balaban J connectivity index is 1.79. The molecule has 1 heterocycles. The van der Waals surface area contributed by atoms with Gasteiger partial charge in [0.15, 0.2) is 5.96 Å². The van der Waals surface area contributed by atoms with Gasteiger partial charge in [-0.2, -0.15) is 0 Å². The molecule has 0 aliphatic carbocycles. The monoisotopic (exact) mass is 326 g/mol. The first-order valence-corrected chi connectivity index (χ1v) is 8.37. The Morgan fingerprint density at radius 1 is 1.08 bits per heavy atom. The van der Waals surface area contributed by atoms with Crippen molar-refractivity contribution in [3.05, 3.63) is 59.8 Å². The highest BCUT2D eigenvalue weighted by atomic mass is 16.5. The standard InChI is InChI=1S/C19H26N4O/c1-3-20-19(21-13-7-10-16-8-5-4-6-9-16)23-15-17-11-12-18(24-2)22-14-17/h4-6,8-9,11-12,14H,3,7,10,13,15H2,1-2H3,(H2,20,21,23). The molecule has 1 aromatic carbocycles. The third kappa shape index (κ3) is 6.28. The average Bonchev–Trinajstić information content (AvgIpc) is 2.64. The molecule has 0 atom stereocenters. The number of hydrogen-bond donors (Lipinski definition) is 2. The first kappa shape index (κ1) is 17.8. The SMILES string of the molecule is CCNC(=NCc1ccc(OC)nc1)NCCCc1ccccc1. The number of methoxy groups -OCH3 is 1. The van der Waals surface area contributed by atoms with E-state index in [1.54, 1.807) is 13.3 Å². The Hall–Kier alpha value is -2.56. The Kier molecular flexibility index (Phi) is 7.60. The summed E-state index contributed by atoms with van der Waals surface area (Å²) in [4.78, 5) is 8.80. The molecule has 0 amide bonds. The summed E-state index contributed by atoms with van der Waals surface area (Å²) in [7, 11) is 1.61. The molecule has 0 fully saturated rings. The molecule has 5 heteroatoms. The lowest BCUT2D eigenvalue weighted by Crippen LogP contribution is -2.37. The van der Waals surface area contributed by atoms with Crippen molar-refractivity contribution in [2.75, 3.05) is 20.2 Å². The van der Waals surface area contributed by atoms with Crippen LogP contribution in [0, 0.1) is 0 Å². The van der Waals surface area contributed by atoms with Crippen molar-refractivity contribution in [2.45, 2.75) is 26.3 Å². The van der Waals surface area contributed by atoms with Crippen LogP contribution in [-0.4, -0.2) is 31.1 Å². The molecule has 0 spiro atoms. The summed E-state index contributed by atoms with van der Waals surface area (Å²) in [6.07, 6.45) is 3.93. The number of aryl methyl sites for hydroxylation is 1. The average molecular weight is 326 g/mol. The Bertz CT molecular complexity index is 611. The van der Waals surface area contributed by atoms with Gasteiger partial charge >= 0.3 is 0 Å². The van der Waals surface area contributed by atoms with Crippen LogP contribution in [0.15, 0.2) is 53.7 Å². The van der Waals surface area contributed by atoms with E-state index in [-0.39, 0.29) is 0 Å². The van der Waals surface area contributed by atoms with Gasteiger partial charge < -0.3 is 15.4 Å². The number of aromatic nitrogens is 1. The molecular weight excluding hydrogens is 300 g/mol. The normalized spacial score (nSPS) is 11.2. The number of ether oxygens (including phenoxy) is 1. The molecule has 2 aromatic rings. The smallest absolute Gasteiger partial charge is 0.212 e. The summed E-state index contributed by atoms with van der Waals surface area (Å²) in [6.45, 7) is 4.38. The molecule has 2 N–H and O–H groups in total. The fourth-order valence-corrected chi connectivity index (χ4v) is 2.28. The first-order chi connectivity index (χ1) is 11.8. The number of guanidine groups is 1.